The number of carbonyl (C=O) groups is 1. The number of benzene rings is 1. The molecule has 1 atom stereocenters. The number of phenols is 1. The number of nitrogens with zero attached hydrogens (tertiary/aromatic N) is 1. The lowest BCUT2D eigenvalue weighted by molar-refractivity contribution is -0.134. The second-order valence-corrected chi connectivity index (χ2v) is 5.10. The third-order valence-electron chi connectivity index (χ3n) is 3.08. The van der Waals surface area contributed by atoms with E-state index in [1.54, 1.807) is 24.3 Å². The summed E-state index contributed by atoms with van der Waals surface area (Å²) >= 11 is 0. The van der Waals surface area contributed by atoms with Crippen molar-refractivity contribution in [2.24, 2.45) is 5.73 Å². The van der Waals surface area contributed by atoms with E-state index >= 15 is 0 Å². The summed E-state index contributed by atoms with van der Waals surface area (Å²) in [6.07, 6.45) is 1.42. The average Bonchev–Trinajstić information content (AvgIpc) is 2.37. The molecular weight excluding hydrogens is 240 g/mol. The number of amides is 1. The van der Waals surface area contributed by atoms with E-state index in [1.807, 2.05) is 25.7 Å². The van der Waals surface area contributed by atoms with Crippen LogP contribution in [0.2, 0.25) is 0 Å². The van der Waals surface area contributed by atoms with Gasteiger partial charge in [-0.1, -0.05) is 19.1 Å². The smallest absolute Gasteiger partial charge is 0.240 e. The standard InChI is InChI=1S/C15H24N2O2/c1-4-9-17(11(2)3)15(19)14(16)10-12-5-7-13(18)8-6-12/h5-8,11,14,18H,4,9-10,16H2,1-3H3/t14-/m1/s1. The van der Waals surface area contributed by atoms with Gasteiger partial charge < -0.3 is 15.7 Å². The van der Waals surface area contributed by atoms with Gasteiger partial charge in [0.25, 0.3) is 0 Å². The summed E-state index contributed by atoms with van der Waals surface area (Å²) in [7, 11) is 0. The van der Waals surface area contributed by atoms with Crippen molar-refractivity contribution in [2.75, 3.05) is 6.54 Å². The van der Waals surface area contributed by atoms with E-state index in [1.165, 1.54) is 0 Å². The molecule has 0 saturated heterocycles. The monoisotopic (exact) mass is 264 g/mol. The van der Waals surface area contributed by atoms with Crippen molar-refractivity contribution in [3.63, 3.8) is 0 Å². The second-order valence-electron chi connectivity index (χ2n) is 5.10. The lowest BCUT2D eigenvalue weighted by atomic mass is 10.0. The maximum Gasteiger partial charge on any atom is 0.240 e. The van der Waals surface area contributed by atoms with Gasteiger partial charge in [0.15, 0.2) is 0 Å². The van der Waals surface area contributed by atoms with Crippen LogP contribution in [0.3, 0.4) is 0 Å². The van der Waals surface area contributed by atoms with Crippen LogP contribution in [0.25, 0.3) is 0 Å². The third-order valence-corrected chi connectivity index (χ3v) is 3.08. The summed E-state index contributed by atoms with van der Waals surface area (Å²) in [5.41, 5.74) is 6.96. The van der Waals surface area contributed by atoms with Crippen molar-refractivity contribution >= 4 is 5.91 Å². The van der Waals surface area contributed by atoms with E-state index in [-0.39, 0.29) is 17.7 Å². The van der Waals surface area contributed by atoms with Crippen molar-refractivity contribution < 1.29 is 9.90 Å². The molecule has 0 aliphatic heterocycles. The molecule has 0 aliphatic rings. The summed E-state index contributed by atoms with van der Waals surface area (Å²) in [6.45, 7) is 6.79. The normalized spacial score (nSPS) is 12.5. The van der Waals surface area contributed by atoms with E-state index in [0.29, 0.717) is 6.42 Å². The first kappa shape index (κ1) is 15.5. The molecule has 0 bridgehead atoms. The quantitative estimate of drug-likeness (QED) is 0.824. The van der Waals surface area contributed by atoms with Crippen molar-refractivity contribution in [1.82, 2.24) is 4.90 Å². The van der Waals surface area contributed by atoms with Crippen LogP contribution in [0.15, 0.2) is 24.3 Å². The maximum atomic E-state index is 12.3. The van der Waals surface area contributed by atoms with Crippen LogP contribution in [-0.4, -0.2) is 34.5 Å². The van der Waals surface area contributed by atoms with E-state index in [9.17, 15) is 9.90 Å². The molecule has 0 fully saturated rings. The molecule has 1 aromatic carbocycles. The molecule has 0 aromatic heterocycles. The Hall–Kier alpha value is -1.55. The highest BCUT2D eigenvalue weighted by molar-refractivity contribution is 5.82. The van der Waals surface area contributed by atoms with Crippen molar-refractivity contribution in [3.8, 4) is 5.75 Å². The molecule has 0 spiro atoms. The summed E-state index contributed by atoms with van der Waals surface area (Å²) in [5.74, 6) is 0.211. The Morgan fingerprint density at radius 3 is 2.37 bits per heavy atom. The highest BCUT2D eigenvalue weighted by Gasteiger charge is 2.22. The second kappa shape index (κ2) is 7.14. The molecule has 4 heteroatoms. The molecule has 0 aliphatic carbocycles. The molecule has 1 rings (SSSR count). The summed E-state index contributed by atoms with van der Waals surface area (Å²) in [6, 6.07) is 6.44. The number of carbonyl (C=O) groups excluding carboxylic acids is 1. The largest absolute Gasteiger partial charge is 0.508 e. The number of rotatable bonds is 6. The molecule has 19 heavy (non-hydrogen) atoms. The Morgan fingerprint density at radius 2 is 1.89 bits per heavy atom. The fourth-order valence-electron chi connectivity index (χ4n) is 2.05. The Labute approximate surface area is 115 Å². The molecule has 3 N–H and O–H groups in total. The molecule has 106 valence electrons. The Kier molecular flexibility index (Phi) is 5.83. The molecule has 1 amide bonds. The van der Waals surface area contributed by atoms with Gasteiger partial charge in [-0.05, 0) is 44.4 Å². The first-order chi connectivity index (χ1) is 8.95. The van der Waals surface area contributed by atoms with Crippen LogP contribution in [0.4, 0.5) is 0 Å². The van der Waals surface area contributed by atoms with Crippen LogP contribution < -0.4 is 5.73 Å². The van der Waals surface area contributed by atoms with Crippen LogP contribution in [-0.2, 0) is 11.2 Å². The van der Waals surface area contributed by atoms with E-state index < -0.39 is 6.04 Å². The van der Waals surface area contributed by atoms with Gasteiger partial charge in [-0.3, -0.25) is 4.79 Å². The Morgan fingerprint density at radius 1 is 1.32 bits per heavy atom. The van der Waals surface area contributed by atoms with Gasteiger partial charge in [-0.15, -0.1) is 0 Å². The average molecular weight is 264 g/mol. The Balaban J connectivity index is 2.67. The lowest BCUT2D eigenvalue weighted by Crippen LogP contribution is -2.48. The highest BCUT2D eigenvalue weighted by atomic mass is 16.3. The van der Waals surface area contributed by atoms with Gasteiger partial charge in [0.2, 0.25) is 5.91 Å². The van der Waals surface area contributed by atoms with Crippen LogP contribution >= 0.6 is 0 Å². The predicted octanol–water partition coefficient (Wildman–Crippen LogP) is 1.91. The first-order valence-corrected chi connectivity index (χ1v) is 6.79. The van der Waals surface area contributed by atoms with Crippen molar-refractivity contribution in [1.29, 1.82) is 0 Å². The molecule has 0 radical (unpaired) electrons. The van der Waals surface area contributed by atoms with Gasteiger partial charge >= 0.3 is 0 Å². The van der Waals surface area contributed by atoms with E-state index in [4.69, 9.17) is 5.73 Å². The fourth-order valence-corrected chi connectivity index (χ4v) is 2.05. The highest BCUT2D eigenvalue weighted by Crippen LogP contribution is 2.12. The first-order valence-electron chi connectivity index (χ1n) is 6.79. The number of hydrogen-bond donors (Lipinski definition) is 2. The zero-order valence-electron chi connectivity index (χ0n) is 12.0. The molecule has 1 aromatic rings. The van der Waals surface area contributed by atoms with Gasteiger partial charge in [0.05, 0.1) is 6.04 Å². The molecule has 0 unspecified atom stereocenters. The number of aromatic hydroxyl groups is 1. The van der Waals surface area contributed by atoms with Gasteiger partial charge in [0, 0.05) is 12.6 Å². The van der Waals surface area contributed by atoms with Crippen molar-refractivity contribution in [3.05, 3.63) is 29.8 Å². The van der Waals surface area contributed by atoms with E-state index in [2.05, 4.69) is 0 Å². The van der Waals surface area contributed by atoms with Crippen LogP contribution in [0.1, 0.15) is 32.8 Å². The molecule has 0 saturated carbocycles. The fraction of sp³-hybridized carbons (Fsp3) is 0.533. The number of phenolic OH excluding ortho intramolecular Hbond substituents is 1. The van der Waals surface area contributed by atoms with E-state index in [0.717, 1.165) is 18.5 Å². The summed E-state index contributed by atoms with van der Waals surface area (Å²) in [5, 5.41) is 9.22. The number of nitrogens with two attached hydrogens (primary N) is 1. The number of hydrogen-bond acceptors (Lipinski definition) is 3. The minimum Gasteiger partial charge on any atom is -0.508 e. The lowest BCUT2D eigenvalue weighted by Gasteiger charge is -2.29. The minimum atomic E-state index is -0.529. The summed E-state index contributed by atoms with van der Waals surface area (Å²) < 4.78 is 0. The topological polar surface area (TPSA) is 66.6 Å². The van der Waals surface area contributed by atoms with Crippen LogP contribution in [0.5, 0.6) is 5.75 Å². The van der Waals surface area contributed by atoms with Gasteiger partial charge in [-0.2, -0.15) is 0 Å². The zero-order valence-corrected chi connectivity index (χ0v) is 12.0. The third kappa shape index (κ3) is 4.56. The molecular formula is C15H24N2O2. The van der Waals surface area contributed by atoms with Crippen molar-refractivity contribution in [2.45, 2.75) is 45.7 Å². The van der Waals surface area contributed by atoms with Crippen LogP contribution in [0, 0.1) is 0 Å². The SMILES string of the molecule is CCCN(C(=O)[C@H](N)Cc1ccc(O)cc1)C(C)C. The molecule has 0 heterocycles. The maximum absolute atomic E-state index is 12.3. The van der Waals surface area contributed by atoms with Gasteiger partial charge in [-0.25, -0.2) is 0 Å². The van der Waals surface area contributed by atoms with Gasteiger partial charge in [0.1, 0.15) is 5.75 Å². The zero-order chi connectivity index (χ0) is 14.4. The minimum absolute atomic E-state index is 0.00933. The molecule has 4 nitrogen and oxygen atoms in total. The Bertz CT molecular complexity index is 401. The summed E-state index contributed by atoms with van der Waals surface area (Å²) in [4.78, 5) is 14.1. The predicted molar refractivity (Wildman–Crippen MR) is 76.9 cm³/mol.